The molecule has 0 aliphatic carbocycles. The Morgan fingerprint density at radius 3 is 2.91 bits per heavy atom. The van der Waals surface area contributed by atoms with Crippen LogP contribution in [0.5, 0.6) is 0 Å². The number of amides is 1. The highest BCUT2D eigenvalue weighted by Crippen LogP contribution is 2.28. The molecule has 5 nitrogen and oxygen atoms in total. The monoisotopic (exact) mass is 335 g/mol. The van der Waals surface area contributed by atoms with Crippen LogP contribution in [-0.4, -0.2) is 46.8 Å². The van der Waals surface area contributed by atoms with Gasteiger partial charge in [0.25, 0.3) is 0 Å². The minimum atomic E-state index is -1.00. The first kappa shape index (κ1) is 17.0. The van der Waals surface area contributed by atoms with Crippen LogP contribution in [0, 0.1) is 0 Å². The van der Waals surface area contributed by atoms with Gasteiger partial charge in [-0.1, -0.05) is 22.5 Å². The average molecular weight is 335 g/mol. The van der Waals surface area contributed by atoms with Crippen LogP contribution in [0.15, 0.2) is 24.5 Å². The van der Waals surface area contributed by atoms with Gasteiger partial charge in [-0.25, -0.2) is 4.98 Å². The molecule has 0 bridgehead atoms. The van der Waals surface area contributed by atoms with Gasteiger partial charge in [0.1, 0.15) is 15.3 Å². The third kappa shape index (κ3) is 3.88. The van der Waals surface area contributed by atoms with Gasteiger partial charge in [0.2, 0.25) is 5.91 Å². The molecule has 0 aliphatic rings. The van der Waals surface area contributed by atoms with Crippen molar-refractivity contribution in [1.29, 1.82) is 0 Å². The Morgan fingerprint density at radius 2 is 2.32 bits per heavy atom. The Hall–Kier alpha value is -1.38. The highest BCUT2D eigenvalue weighted by Gasteiger charge is 2.23. The minimum absolute atomic E-state index is 0.0489. The summed E-state index contributed by atoms with van der Waals surface area (Å²) in [5, 5.41) is 1.51. The lowest BCUT2D eigenvalue weighted by Crippen LogP contribution is -2.33. The summed E-state index contributed by atoms with van der Waals surface area (Å²) in [5.74, 6) is -0.0489. The second-order valence-electron chi connectivity index (χ2n) is 5.12. The van der Waals surface area contributed by atoms with Crippen molar-refractivity contribution in [2.24, 2.45) is 0 Å². The van der Waals surface area contributed by atoms with Crippen LogP contribution in [0.2, 0.25) is 0 Å². The van der Waals surface area contributed by atoms with Crippen molar-refractivity contribution in [3.63, 3.8) is 0 Å². The fraction of sp³-hybridized carbons (Fsp3) is 0.357. The fourth-order valence-corrected chi connectivity index (χ4v) is 3.34. The molecule has 0 radical (unpaired) electrons. The van der Waals surface area contributed by atoms with Crippen LogP contribution >= 0.6 is 11.3 Å². The minimum Gasteiger partial charge on any atom is -0.616 e. The van der Waals surface area contributed by atoms with Crippen molar-refractivity contribution in [2.45, 2.75) is 18.6 Å². The smallest absolute Gasteiger partial charge is 0.232 e. The van der Waals surface area contributed by atoms with E-state index in [1.165, 1.54) is 11.3 Å². The molecule has 0 fully saturated rings. The predicted molar refractivity (Wildman–Crippen MR) is 95.1 cm³/mol. The first-order valence-electron chi connectivity index (χ1n) is 6.86. The standard InChI is InChI=1S/C14H18BN3O2S2/c1-9(22(3)20)7-11(19)18(2)14-12(15)17-13(21-14)10-5-4-6-16-8-10/h4-6,8-9H,7,15H2,1-3H3. The van der Waals surface area contributed by atoms with Crippen LogP contribution in [0.4, 0.5) is 5.00 Å². The van der Waals surface area contributed by atoms with E-state index in [4.69, 9.17) is 0 Å². The lowest BCUT2D eigenvalue weighted by Gasteiger charge is -2.19. The third-order valence-corrected chi connectivity index (χ3v) is 5.97. The molecule has 0 saturated heterocycles. The number of aromatic nitrogens is 2. The number of pyridine rings is 1. The SMILES string of the molecule is Bc1nc(-c2cccnc2)sc1N(C)C(=O)CC(C)[S+](C)[O-]. The molecule has 2 aromatic heterocycles. The van der Waals surface area contributed by atoms with Crippen LogP contribution < -0.4 is 10.5 Å². The lowest BCUT2D eigenvalue weighted by molar-refractivity contribution is -0.118. The largest absolute Gasteiger partial charge is 0.616 e. The number of rotatable bonds is 5. The molecule has 0 aromatic carbocycles. The Morgan fingerprint density at radius 1 is 1.59 bits per heavy atom. The van der Waals surface area contributed by atoms with E-state index in [1.807, 2.05) is 26.9 Å². The molecule has 2 atom stereocenters. The first-order chi connectivity index (χ1) is 10.4. The number of hydrogen-bond donors (Lipinski definition) is 0. The van der Waals surface area contributed by atoms with E-state index in [0.29, 0.717) is 0 Å². The zero-order valence-corrected chi connectivity index (χ0v) is 14.7. The van der Waals surface area contributed by atoms with E-state index in [1.54, 1.807) is 30.6 Å². The van der Waals surface area contributed by atoms with Crippen molar-refractivity contribution < 1.29 is 9.35 Å². The Balaban J connectivity index is 2.19. The topological polar surface area (TPSA) is 69.2 Å². The molecule has 22 heavy (non-hydrogen) atoms. The Kier molecular flexibility index (Phi) is 5.60. The zero-order valence-electron chi connectivity index (χ0n) is 13.1. The zero-order chi connectivity index (χ0) is 16.3. The number of thiazole rings is 1. The average Bonchev–Trinajstić information content (AvgIpc) is 2.89. The number of anilines is 1. The van der Waals surface area contributed by atoms with Gasteiger partial charge in [-0.2, -0.15) is 0 Å². The van der Waals surface area contributed by atoms with Crippen LogP contribution in [0.25, 0.3) is 10.6 Å². The van der Waals surface area contributed by atoms with E-state index in [0.717, 1.165) is 21.2 Å². The van der Waals surface area contributed by atoms with Gasteiger partial charge in [0, 0.05) is 30.6 Å². The second kappa shape index (κ2) is 7.26. The van der Waals surface area contributed by atoms with Gasteiger partial charge < -0.3 is 9.45 Å². The summed E-state index contributed by atoms with van der Waals surface area (Å²) in [4.78, 5) is 22.5. The normalized spacial score (nSPS) is 13.6. The van der Waals surface area contributed by atoms with Gasteiger partial charge in [-0.15, -0.1) is 0 Å². The molecule has 8 heteroatoms. The highest BCUT2D eigenvalue weighted by molar-refractivity contribution is 7.91. The molecular formula is C14H18BN3O2S2. The van der Waals surface area contributed by atoms with Gasteiger partial charge >= 0.3 is 0 Å². The molecule has 116 valence electrons. The molecule has 0 aliphatic heterocycles. The van der Waals surface area contributed by atoms with Crippen molar-refractivity contribution in [2.75, 3.05) is 18.2 Å². The van der Waals surface area contributed by atoms with E-state index in [2.05, 4.69) is 9.97 Å². The van der Waals surface area contributed by atoms with Crippen LogP contribution in [0.1, 0.15) is 13.3 Å². The van der Waals surface area contributed by atoms with Crippen molar-refractivity contribution in [3.05, 3.63) is 24.5 Å². The molecule has 2 aromatic rings. The van der Waals surface area contributed by atoms with Crippen LogP contribution in [0.3, 0.4) is 0 Å². The number of nitrogens with zero attached hydrogens (tertiary/aromatic N) is 3. The maximum absolute atomic E-state index is 12.3. The molecule has 2 heterocycles. The van der Waals surface area contributed by atoms with E-state index in [9.17, 15) is 9.35 Å². The third-order valence-electron chi connectivity index (χ3n) is 3.39. The quantitative estimate of drug-likeness (QED) is 0.592. The van der Waals surface area contributed by atoms with E-state index in [-0.39, 0.29) is 17.6 Å². The van der Waals surface area contributed by atoms with E-state index < -0.39 is 11.2 Å². The summed E-state index contributed by atoms with van der Waals surface area (Å²) in [7, 11) is 3.62. The van der Waals surface area contributed by atoms with E-state index >= 15 is 0 Å². The number of hydrogen-bond acceptors (Lipinski definition) is 5. The van der Waals surface area contributed by atoms with Crippen LogP contribution in [-0.2, 0) is 16.0 Å². The number of carbonyl (C=O) groups excluding carboxylic acids is 1. The summed E-state index contributed by atoms with van der Waals surface area (Å²) in [5.41, 5.74) is 1.75. The summed E-state index contributed by atoms with van der Waals surface area (Å²) in [6.45, 7) is 1.82. The predicted octanol–water partition coefficient (Wildman–Crippen LogP) is 0.583. The van der Waals surface area contributed by atoms with Gasteiger partial charge in [-0.05, 0) is 19.1 Å². The number of carbonyl (C=O) groups is 1. The van der Waals surface area contributed by atoms with Crippen molar-refractivity contribution in [3.8, 4) is 10.6 Å². The van der Waals surface area contributed by atoms with Crippen molar-refractivity contribution in [1.82, 2.24) is 9.97 Å². The fourth-order valence-electron chi connectivity index (χ4n) is 1.93. The molecule has 2 rings (SSSR count). The summed E-state index contributed by atoms with van der Waals surface area (Å²) < 4.78 is 11.4. The van der Waals surface area contributed by atoms with Crippen molar-refractivity contribution >= 4 is 46.9 Å². The molecular weight excluding hydrogens is 317 g/mol. The first-order valence-corrected chi connectivity index (χ1v) is 9.30. The van der Waals surface area contributed by atoms with Gasteiger partial charge in [-0.3, -0.25) is 9.78 Å². The summed E-state index contributed by atoms with van der Waals surface area (Å²) >= 11 is 0.461. The highest BCUT2D eigenvalue weighted by atomic mass is 32.2. The Labute approximate surface area is 138 Å². The second-order valence-corrected chi connectivity index (χ2v) is 7.90. The molecule has 2 unspecified atom stereocenters. The molecule has 1 amide bonds. The van der Waals surface area contributed by atoms with Gasteiger partial charge in [0.05, 0.1) is 12.7 Å². The maximum atomic E-state index is 12.3. The lowest BCUT2D eigenvalue weighted by atomic mass is 10.1. The van der Waals surface area contributed by atoms with Gasteiger partial charge in [0.15, 0.2) is 7.85 Å². The molecule has 0 N–H and O–H groups in total. The molecule has 0 saturated carbocycles. The summed E-state index contributed by atoms with van der Waals surface area (Å²) in [6, 6.07) is 3.80. The maximum Gasteiger partial charge on any atom is 0.232 e. The Bertz CT molecular complexity index is 649. The molecule has 0 spiro atoms. The summed E-state index contributed by atoms with van der Waals surface area (Å²) in [6.07, 6.45) is 5.36.